The van der Waals surface area contributed by atoms with Gasteiger partial charge in [-0.3, -0.25) is 10.5 Å². The summed E-state index contributed by atoms with van der Waals surface area (Å²) < 4.78 is 0. The zero-order valence-corrected chi connectivity index (χ0v) is 12.4. The molecule has 0 saturated carbocycles. The molecular weight excluding hydrogens is 296 g/mol. The van der Waals surface area contributed by atoms with Crippen molar-refractivity contribution in [3.63, 3.8) is 0 Å². The number of halogens is 1. The van der Waals surface area contributed by atoms with Gasteiger partial charge in [0.2, 0.25) is 0 Å². The maximum atomic E-state index is 12.1. The van der Waals surface area contributed by atoms with Crippen LogP contribution >= 0.6 is 12.4 Å². The molecule has 1 saturated heterocycles. The van der Waals surface area contributed by atoms with Crippen LogP contribution in [0.1, 0.15) is 12.0 Å². The standard InChI is InChI=1S/C14H20N2O4.ClH/c15-14(20,7-6-10-4-2-1-3-5-10)13(19)16-8-11(17)12(18)9-16;/h1-5,11-12,17-18,20H,6-9,15H2;1H/t11-,12+,14-;/m1./s1. The Kier molecular flexibility index (Phi) is 6.12. The highest BCUT2D eigenvalue weighted by Gasteiger charge is 2.40. The molecule has 1 fully saturated rings. The summed E-state index contributed by atoms with van der Waals surface area (Å²) in [4.78, 5) is 13.3. The Bertz CT molecular complexity index is 459. The fourth-order valence-electron chi connectivity index (χ4n) is 2.30. The summed E-state index contributed by atoms with van der Waals surface area (Å²) in [5.74, 6) is -0.663. The molecule has 6 nitrogen and oxygen atoms in total. The number of nitrogens with zero attached hydrogens (tertiary/aromatic N) is 1. The Labute approximate surface area is 129 Å². The Balaban J connectivity index is 0.00000220. The van der Waals surface area contributed by atoms with Gasteiger partial charge in [0.1, 0.15) is 0 Å². The first-order valence-corrected chi connectivity index (χ1v) is 6.61. The smallest absolute Gasteiger partial charge is 0.269 e. The Hall–Kier alpha value is -1.18. The zero-order chi connectivity index (χ0) is 14.8. The second kappa shape index (κ2) is 7.20. The average molecular weight is 317 g/mol. The van der Waals surface area contributed by atoms with E-state index in [1.807, 2.05) is 30.3 Å². The van der Waals surface area contributed by atoms with Gasteiger partial charge >= 0.3 is 0 Å². The van der Waals surface area contributed by atoms with Gasteiger partial charge in [0.25, 0.3) is 5.91 Å². The molecule has 1 aliphatic heterocycles. The third-order valence-corrected chi connectivity index (χ3v) is 3.55. The summed E-state index contributed by atoms with van der Waals surface area (Å²) >= 11 is 0. The third kappa shape index (κ3) is 4.39. The molecule has 2 rings (SSSR count). The quantitative estimate of drug-likeness (QED) is 0.547. The molecule has 1 amide bonds. The molecule has 21 heavy (non-hydrogen) atoms. The van der Waals surface area contributed by atoms with Gasteiger partial charge in [-0.1, -0.05) is 30.3 Å². The number of nitrogens with two attached hydrogens (primary N) is 1. The number of aliphatic hydroxyl groups excluding tert-OH is 2. The lowest BCUT2D eigenvalue weighted by Crippen LogP contribution is -2.55. The number of carbonyl (C=O) groups excluding carboxylic acids is 1. The minimum atomic E-state index is -1.99. The number of aliphatic hydroxyl groups is 3. The van der Waals surface area contributed by atoms with E-state index in [-0.39, 0.29) is 31.9 Å². The number of hydrogen-bond acceptors (Lipinski definition) is 5. The van der Waals surface area contributed by atoms with Crippen LogP contribution in [0, 0.1) is 0 Å². The van der Waals surface area contributed by atoms with Crippen molar-refractivity contribution in [2.45, 2.75) is 30.8 Å². The van der Waals surface area contributed by atoms with E-state index < -0.39 is 23.8 Å². The normalized spacial score (nSPS) is 24.3. The predicted molar refractivity (Wildman–Crippen MR) is 79.7 cm³/mol. The molecule has 5 N–H and O–H groups in total. The molecule has 3 atom stereocenters. The van der Waals surface area contributed by atoms with Crippen LogP contribution in [-0.2, 0) is 11.2 Å². The highest BCUT2D eigenvalue weighted by atomic mass is 35.5. The second-order valence-corrected chi connectivity index (χ2v) is 5.25. The van der Waals surface area contributed by atoms with Crippen LogP contribution < -0.4 is 5.73 Å². The maximum Gasteiger partial charge on any atom is 0.269 e. The third-order valence-electron chi connectivity index (χ3n) is 3.55. The molecule has 1 aromatic carbocycles. The summed E-state index contributed by atoms with van der Waals surface area (Å²) in [6.45, 7) is -0.0182. The number of benzene rings is 1. The number of likely N-dealkylation sites (tertiary alicyclic amines) is 1. The summed E-state index contributed by atoms with van der Waals surface area (Å²) in [7, 11) is 0. The van der Waals surface area contributed by atoms with Gasteiger partial charge in [-0.05, 0) is 12.0 Å². The van der Waals surface area contributed by atoms with Crippen LogP contribution in [0.5, 0.6) is 0 Å². The number of hydrogen-bond donors (Lipinski definition) is 4. The lowest BCUT2D eigenvalue weighted by molar-refractivity contribution is -0.151. The van der Waals surface area contributed by atoms with E-state index in [1.54, 1.807) is 0 Å². The highest BCUT2D eigenvalue weighted by molar-refractivity contribution is 5.85. The number of rotatable bonds is 4. The Morgan fingerprint density at radius 3 is 2.29 bits per heavy atom. The predicted octanol–water partition coefficient (Wildman–Crippen LogP) is -0.748. The van der Waals surface area contributed by atoms with E-state index in [2.05, 4.69) is 0 Å². The van der Waals surface area contributed by atoms with E-state index in [9.17, 15) is 20.1 Å². The van der Waals surface area contributed by atoms with E-state index >= 15 is 0 Å². The summed E-state index contributed by atoms with van der Waals surface area (Å²) in [6.07, 6.45) is -1.41. The molecule has 0 aliphatic carbocycles. The van der Waals surface area contributed by atoms with E-state index in [4.69, 9.17) is 5.73 Å². The second-order valence-electron chi connectivity index (χ2n) is 5.25. The number of amides is 1. The number of aryl methyl sites for hydroxylation is 1. The van der Waals surface area contributed by atoms with Crippen LogP contribution in [0.15, 0.2) is 30.3 Å². The topological polar surface area (TPSA) is 107 Å². The first-order chi connectivity index (χ1) is 9.40. The molecule has 0 unspecified atom stereocenters. The van der Waals surface area contributed by atoms with Crippen LogP contribution in [0.4, 0.5) is 0 Å². The maximum absolute atomic E-state index is 12.1. The van der Waals surface area contributed by atoms with Crippen LogP contribution in [0.25, 0.3) is 0 Å². The monoisotopic (exact) mass is 316 g/mol. The molecule has 0 bridgehead atoms. The average Bonchev–Trinajstić information content (AvgIpc) is 2.77. The SMILES string of the molecule is Cl.N[C@@](O)(CCc1ccccc1)C(=O)N1C[C@@H](O)[C@@H](O)C1. The fraction of sp³-hybridized carbons (Fsp3) is 0.500. The van der Waals surface area contributed by atoms with Gasteiger partial charge < -0.3 is 20.2 Å². The van der Waals surface area contributed by atoms with Gasteiger partial charge in [0, 0.05) is 19.5 Å². The van der Waals surface area contributed by atoms with Crippen molar-refractivity contribution >= 4 is 18.3 Å². The van der Waals surface area contributed by atoms with E-state index in [0.29, 0.717) is 6.42 Å². The molecule has 0 spiro atoms. The van der Waals surface area contributed by atoms with Crippen molar-refractivity contribution in [2.24, 2.45) is 5.73 Å². The number of β-amino-alcohol motifs (C(OH)–C–C–N with tert-alkyl or cyclic N) is 2. The molecule has 0 radical (unpaired) electrons. The van der Waals surface area contributed by atoms with E-state index in [0.717, 1.165) is 5.56 Å². The Morgan fingerprint density at radius 1 is 1.24 bits per heavy atom. The van der Waals surface area contributed by atoms with Crippen molar-refractivity contribution < 1.29 is 20.1 Å². The van der Waals surface area contributed by atoms with Crippen molar-refractivity contribution in [3.05, 3.63) is 35.9 Å². The molecule has 118 valence electrons. The molecular formula is C14H21ClN2O4. The van der Waals surface area contributed by atoms with Crippen LogP contribution in [0.3, 0.4) is 0 Å². The van der Waals surface area contributed by atoms with Crippen molar-refractivity contribution in [1.29, 1.82) is 0 Å². The van der Waals surface area contributed by atoms with Gasteiger partial charge in [0.15, 0.2) is 5.72 Å². The van der Waals surface area contributed by atoms with Crippen LogP contribution in [0.2, 0.25) is 0 Å². The largest absolute Gasteiger partial charge is 0.388 e. The first-order valence-electron chi connectivity index (χ1n) is 6.61. The molecule has 1 aromatic rings. The summed E-state index contributed by atoms with van der Waals surface area (Å²) in [5, 5.41) is 28.9. The highest BCUT2D eigenvalue weighted by Crippen LogP contribution is 2.17. The Morgan fingerprint density at radius 2 is 1.76 bits per heavy atom. The lowest BCUT2D eigenvalue weighted by Gasteiger charge is -2.27. The van der Waals surface area contributed by atoms with Crippen LogP contribution in [-0.4, -0.2) is 57.1 Å². The fourth-order valence-corrected chi connectivity index (χ4v) is 2.30. The van der Waals surface area contributed by atoms with Gasteiger partial charge in [0.05, 0.1) is 12.2 Å². The van der Waals surface area contributed by atoms with Gasteiger partial charge in [-0.15, -0.1) is 12.4 Å². The summed E-state index contributed by atoms with van der Waals surface area (Å²) in [5.41, 5.74) is 4.67. The van der Waals surface area contributed by atoms with Gasteiger partial charge in [-0.2, -0.15) is 0 Å². The molecule has 7 heteroatoms. The molecule has 1 heterocycles. The van der Waals surface area contributed by atoms with Crippen molar-refractivity contribution in [2.75, 3.05) is 13.1 Å². The first kappa shape index (κ1) is 17.9. The molecule has 1 aliphatic rings. The summed E-state index contributed by atoms with van der Waals surface area (Å²) in [6, 6.07) is 9.42. The van der Waals surface area contributed by atoms with Crippen molar-refractivity contribution in [3.8, 4) is 0 Å². The van der Waals surface area contributed by atoms with E-state index in [1.165, 1.54) is 4.90 Å². The lowest BCUT2D eigenvalue weighted by atomic mass is 10.0. The van der Waals surface area contributed by atoms with Gasteiger partial charge in [-0.25, -0.2) is 0 Å². The minimum absolute atomic E-state index is 0. The molecule has 0 aromatic heterocycles. The van der Waals surface area contributed by atoms with Crippen molar-refractivity contribution in [1.82, 2.24) is 4.90 Å². The minimum Gasteiger partial charge on any atom is -0.388 e. The number of carbonyl (C=O) groups is 1. The zero-order valence-electron chi connectivity index (χ0n) is 11.6.